The van der Waals surface area contributed by atoms with E-state index >= 15 is 0 Å². The average molecular weight is 350 g/mol. The third kappa shape index (κ3) is 5.28. The highest BCUT2D eigenvalue weighted by Crippen LogP contribution is 2.30. The number of pyridine rings is 1. The number of alkyl halides is 3. The standard InChI is InChI=1S/C19H21F3N2O/c20-19(21,22)16-6-3-5-15(11-16)12-24(14-18-8-4-10-25-18)13-17-7-1-2-9-23-17/h1-3,5-7,9,11,18H,4,8,10,12-14H2. The Morgan fingerprint density at radius 3 is 2.68 bits per heavy atom. The molecule has 1 saturated heterocycles. The molecule has 1 unspecified atom stereocenters. The molecule has 3 nitrogen and oxygen atoms in total. The molecule has 1 fully saturated rings. The van der Waals surface area contributed by atoms with Crippen LogP contribution in [0, 0.1) is 0 Å². The lowest BCUT2D eigenvalue weighted by Gasteiger charge is -2.25. The Bertz CT molecular complexity index is 670. The van der Waals surface area contributed by atoms with E-state index in [4.69, 9.17) is 4.74 Å². The Morgan fingerprint density at radius 2 is 2.00 bits per heavy atom. The van der Waals surface area contributed by atoms with Gasteiger partial charge in [-0.1, -0.05) is 24.3 Å². The lowest BCUT2D eigenvalue weighted by molar-refractivity contribution is -0.137. The van der Waals surface area contributed by atoms with E-state index in [1.165, 1.54) is 12.1 Å². The van der Waals surface area contributed by atoms with Gasteiger partial charge in [0.15, 0.2) is 0 Å². The van der Waals surface area contributed by atoms with Crippen LogP contribution >= 0.6 is 0 Å². The van der Waals surface area contributed by atoms with Crippen molar-refractivity contribution >= 4 is 0 Å². The molecule has 3 rings (SSSR count). The zero-order valence-corrected chi connectivity index (χ0v) is 13.9. The lowest BCUT2D eigenvalue weighted by Crippen LogP contribution is -2.31. The molecule has 1 aliphatic rings. The van der Waals surface area contributed by atoms with Crippen LogP contribution in [0.3, 0.4) is 0 Å². The van der Waals surface area contributed by atoms with Crippen LogP contribution in [-0.4, -0.2) is 29.1 Å². The van der Waals surface area contributed by atoms with Crippen LogP contribution in [0.4, 0.5) is 13.2 Å². The van der Waals surface area contributed by atoms with Gasteiger partial charge in [-0.25, -0.2) is 0 Å². The van der Waals surface area contributed by atoms with Crippen molar-refractivity contribution in [2.45, 2.75) is 38.2 Å². The second-order valence-corrected chi connectivity index (χ2v) is 6.32. The Labute approximate surface area is 145 Å². The molecule has 0 spiro atoms. The summed E-state index contributed by atoms with van der Waals surface area (Å²) in [6.45, 7) is 2.45. The first-order valence-electron chi connectivity index (χ1n) is 8.41. The van der Waals surface area contributed by atoms with Crippen molar-refractivity contribution in [1.29, 1.82) is 0 Å². The summed E-state index contributed by atoms with van der Waals surface area (Å²) in [6, 6.07) is 11.2. The first kappa shape index (κ1) is 17.9. The van der Waals surface area contributed by atoms with Gasteiger partial charge in [-0.15, -0.1) is 0 Å². The maximum absolute atomic E-state index is 12.9. The zero-order chi connectivity index (χ0) is 17.7. The molecular weight excluding hydrogens is 329 g/mol. The first-order chi connectivity index (χ1) is 12.0. The fourth-order valence-corrected chi connectivity index (χ4v) is 3.09. The van der Waals surface area contributed by atoms with Crippen molar-refractivity contribution in [3.8, 4) is 0 Å². The molecule has 0 amide bonds. The van der Waals surface area contributed by atoms with Crippen molar-refractivity contribution in [3.63, 3.8) is 0 Å². The normalized spacial score (nSPS) is 18.0. The number of benzene rings is 1. The van der Waals surface area contributed by atoms with Crippen LogP contribution in [0.2, 0.25) is 0 Å². The average Bonchev–Trinajstić information content (AvgIpc) is 3.08. The molecule has 1 atom stereocenters. The molecule has 25 heavy (non-hydrogen) atoms. The maximum Gasteiger partial charge on any atom is 0.416 e. The van der Waals surface area contributed by atoms with Crippen molar-refractivity contribution in [2.75, 3.05) is 13.2 Å². The van der Waals surface area contributed by atoms with Crippen LogP contribution < -0.4 is 0 Å². The minimum absolute atomic E-state index is 0.134. The predicted molar refractivity (Wildman–Crippen MR) is 88.8 cm³/mol. The number of aromatic nitrogens is 1. The molecule has 0 N–H and O–H groups in total. The minimum atomic E-state index is -4.32. The lowest BCUT2D eigenvalue weighted by atomic mass is 10.1. The molecule has 1 aliphatic heterocycles. The van der Waals surface area contributed by atoms with Crippen LogP contribution in [0.5, 0.6) is 0 Å². The second-order valence-electron chi connectivity index (χ2n) is 6.32. The van der Waals surface area contributed by atoms with Gasteiger partial charge in [0.25, 0.3) is 0 Å². The molecule has 6 heteroatoms. The summed E-state index contributed by atoms with van der Waals surface area (Å²) in [5.41, 5.74) is 0.927. The minimum Gasteiger partial charge on any atom is -0.377 e. The molecule has 1 aromatic carbocycles. The third-order valence-corrected chi connectivity index (χ3v) is 4.26. The molecule has 0 saturated carbocycles. The quantitative estimate of drug-likeness (QED) is 0.777. The summed E-state index contributed by atoms with van der Waals surface area (Å²) < 4.78 is 44.5. The summed E-state index contributed by atoms with van der Waals surface area (Å²) in [5, 5.41) is 0. The van der Waals surface area contributed by atoms with Gasteiger partial charge in [0.1, 0.15) is 0 Å². The third-order valence-electron chi connectivity index (χ3n) is 4.26. The van der Waals surface area contributed by atoms with Gasteiger partial charge >= 0.3 is 6.18 Å². The molecule has 0 aliphatic carbocycles. The van der Waals surface area contributed by atoms with Gasteiger partial charge in [0.05, 0.1) is 17.4 Å². The van der Waals surface area contributed by atoms with E-state index in [9.17, 15) is 13.2 Å². The Morgan fingerprint density at radius 1 is 1.12 bits per heavy atom. The van der Waals surface area contributed by atoms with E-state index < -0.39 is 11.7 Å². The van der Waals surface area contributed by atoms with Crippen LogP contribution in [0.25, 0.3) is 0 Å². The van der Waals surface area contributed by atoms with Gasteiger partial charge in [-0.2, -0.15) is 13.2 Å². The topological polar surface area (TPSA) is 25.4 Å². The molecule has 1 aromatic heterocycles. The number of halogens is 3. The van der Waals surface area contributed by atoms with E-state index in [2.05, 4.69) is 9.88 Å². The summed E-state index contributed by atoms with van der Waals surface area (Å²) in [6.07, 6.45) is -0.442. The summed E-state index contributed by atoms with van der Waals surface area (Å²) in [4.78, 5) is 6.43. The highest BCUT2D eigenvalue weighted by atomic mass is 19.4. The molecule has 2 aromatic rings. The van der Waals surface area contributed by atoms with E-state index in [-0.39, 0.29) is 6.10 Å². The van der Waals surface area contributed by atoms with Gasteiger partial charge in [-0.3, -0.25) is 9.88 Å². The summed E-state index contributed by atoms with van der Waals surface area (Å²) in [5.74, 6) is 0. The smallest absolute Gasteiger partial charge is 0.377 e. The van der Waals surface area contributed by atoms with Crippen molar-refractivity contribution in [1.82, 2.24) is 9.88 Å². The van der Waals surface area contributed by atoms with E-state index in [1.54, 1.807) is 12.3 Å². The Hall–Kier alpha value is -1.92. The largest absolute Gasteiger partial charge is 0.416 e. The number of hydrogen-bond acceptors (Lipinski definition) is 3. The number of hydrogen-bond donors (Lipinski definition) is 0. The highest BCUT2D eigenvalue weighted by molar-refractivity contribution is 5.25. The van der Waals surface area contributed by atoms with Crippen molar-refractivity contribution in [2.24, 2.45) is 0 Å². The molecule has 0 bridgehead atoms. The van der Waals surface area contributed by atoms with Gasteiger partial charge in [0, 0.05) is 32.4 Å². The fraction of sp³-hybridized carbons (Fsp3) is 0.421. The van der Waals surface area contributed by atoms with E-state index in [0.717, 1.165) is 31.2 Å². The van der Waals surface area contributed by atoms with Gasteiger partial charge in [-0.05, 0) is 36.6 Å². The molecular formula is C19H21F3N2O. The molecule has 134 valence electrons. The highest BCUT2D eigenvalue weighted by Gasteiger charge is 2.30. The maximum atomic E-state index is 12.9. The Balaban J connectivity index is 1.74. The van der Waals surface area contributed by atoms with Gasteiger partial charge < -0.3 is 4.74 Å². The van der Waals surface area contributed by atoms with Crippen LogP contribution in [-0.2, 0) is 24.0 Å². The first-order valence-corrected chi connectivity index (χ1v) is 8.41. The molecule has 2 heterocycles. The number of rotatable bonds is 6. The monoisotopic (exact) mass is 350 g/mol. The summed E-state index contributed by atoms with van der Waals surface area (Å²) >= 11 is 0. The van der Waals surface area contributed by atoms with Crippen molar-refractivity contribution in [3.05, 3.63) is 65.5 Å². The second kappa shape index (κ2) is 7.97. The Kier molecular flexibility index (Phi) is 5.71. The van der Waals surface area contributed by atoms with Crippen LogP contribution in [0.15, 0.2) is 48.7 Å². The number of nitrogens with zero attached hydrogens (tertiary/aromatic N) is 2. The van der Waals surface area contributed by atoms with E-state index in [1.807, 2.05) is 18.2 Å². The van der Waals surface area contributed by atoms with Crippen LogP contribution in [0.1, 0.15) is 29.7 Å². The summed E-state index contributed by atoms with van der Waals surface area (Å²) in [7, 11) is 0. The van der Waals surface area contributed by atoms with Gasteiger partial charge in [0.2, 0.25) is 0 Å². The SMILES string of the molecule is FC(F)(F)c1cccc(CN(Cc2ccccn2)CC2CCCO2)c1. The predicted octanol–water partition coefficient (Wildman–Crippen LogP) is 4.28. The number of ether oxygens (including phenoxy) is 1. The zero-order valence-electron chi connectivity index (χ0n) is 13.9. The fourth-order valence-electron chi connectivity index (χ4n) is 3.09. The van der Waals surface area contributed by atoms with Crippen molar-refractivity contribution < 1.29 is 17.9 Å². The molecule has 0 radical (unpaired) electrons. The van der Waals surface area contributed by atoms with E-state index in [0.29, 0.717) is 25.2 Å².